The van der Waals surface area contributed by atoms with Crippen LogP contribution in [0, 0.1) is 0 Å². The van der Waals surface area contributed by atoms with E-state index in [1.54, 1.807) is 19.1 Å². The number of carbonyl (C=O) groups excluding carboxylic acids is 2. The molecule has 0 spiro atoms. The molecule has 0 bridgehead atoms. The Balaban J connectivity index is 1.34. The number of halogens is 1. The number of amides is 1. The Hall–Kier alpha value is -3.00. The van der Waals surface area contributed by atoms with Crippen molar-refractivity contribution in [2.45, 2.75) is 38.3 Å². The summed E-state index contributed by atoms with van der Waals surface area (Å²) in [7, 11) is 0. The number of nitrogens with zero attached hydrogens (tertiary/aromatic N) is 1. The quantitative estimate of drug-likeness (QED) is 0.312. The van der Waals surface area contributed by atoms with Crippen LogP contribution in [0.25, 0.3) is 0 Å². The fourth-order valence-electron chi connectivity index (χ4n) is 3.98. The lowest BCUT2D eigenvalue weighted by molar-refractivity contribution is -0.117. The van der Waals surface area contributed by atoms with Gasteiger partial charge in [-0.25, -0.2) is 0 Å². The smallest absolute Gasteiger partial charge is 0.252 e. The van der Waals surface area contributed by atoms with E-state index in [0.717, 1.165) is 35.5 Å². The van der Waals surface area contributed by atoms with Crippen LogP contribution in [-0.4, -0.2) is 46.9 Å². The highest BCUT2D eigenvalue weighted by atomic mass is 35.5. The second-order valence-corrected chi connectivity index (χ2v) is 9.67. The van der Waals surface area contributed by atoms with Crippen LogP contribution in [0.15, 0.2) is 71.3 Å². The molecule has 4 rings (SSSR count). The summed E-state index contributed by atoms with van der Waals surface area (Å²) in [6, 6.07) is 16.0. The van der Waals surface area contributed by atoms with Crippen LogP contribution in [0.1, 0.15) is 36.5 Å². The molecule has 0 saturated heterocycles. The minimum absolute atomic E-state index is 0.0479. The minimum atomic E-state index is -0.784. The molecular weight excluding hydrogens is 482 g/mol. The maximum atomic E-state index is 12.4. The summed E-state index contributed by atoms with van der Waals surface area (Å²) in [4.78, 5) is 27.3. The first kappa shape index (κ1) is 25.1. The highest BCUT2D eigenvalue weighted by Crippen LogP contribution is 2.40. The zero-order valence-electron chi connectivity index (χ0n) is 19.5. The average Bonchev–Trinajstić information content (AvgIpc) is 3.69. The molecule has 8 heteroatoms. The summed E-state index contributed by atoms with van der Waals surface area (Å²) < 4.78 is 0. The predicted octanol–water partition coefficient (Wildman–Crippen LogP) is 4.90. The Bertz CT molecular complexity index is 1190. The molecule has 0 heterocycles. The van der Waals surface area contributed by atoms with Gasteiger partial charge >= 0.3 is 0 Å². The third-order valence-corrected chi connectivity index (χ3v) is 6.60. The summed E-state index contributed by atoms with van der Waals surface area (Å²) in [6.07, 6.45) is 5.17. The van der Waals surface area contributed by atoms with Gasteiger partial charge in [-0.3, -0.25) is 9.59 Å². The number of Topliss-reactive ketones (excluding diaryl/α,β-unsaturated/α-hetero) is 1. The van der Waals surface area contributed by atoms with Crippen molar-refractivity contribution in [1.29, 1.82) is 0 Å². The van der Waals surface area contributed by atoms with Crippen molar-refractivity contribution in [1.82, 2.24) is 5.32 Å². The van der Waals surface area contributed by atoms with E-state index in [1.165, 1.54) is 0 Å². The maximum Gasteiger partial charge on any atom is 0.252 e. The van der Waals surface area contributed by atoms with Crippen LogP contribution in [0.4, 0.5) is 17.1 Å². The van der Waals surface area contributed by atoms with Gasteiger partial charge in [-0.2, -0.15) is 0 Å². The molecule has 1 atom stereocenters. The number of rotatable bonds is 10. The normalized spacial score (nSPS) is 16.1. The number of allylic oxidation sites excluding steroid dienone is 3. The van der Waals surface area contributed by atoms with E-state index in [2.05, 4.69) is 15.5 Å². The second kappa shape index (κ2) is 11.2. The number of hydrogen-bond acceptors (Lipinski definition) is 6. The topological polar surface area (TPSA) is 81.7 Å². The van der Waals surface area contributed by atoms with Gasteiger partial charge in [-0.05, 0) is 62.2 Å². The number of hydrogen-bond donors (Lipinski definition) is 3. The summed E-state index contributed by atoms with van der Waals surface area (Å²) in [6.45, 7) is 1.95. The van der Waals surface area contributed by atoms with Crippen molar-refractivity contribution in [2.75, 3.05) is 23.3 Å². The lowest BCUT2D eigenvalue weighted by atomic mass is 10.0. The number of para-hydroxylation sites is 1. The number of anilines is 3. The molecule has 1 saturated carbocycles. The molecule has 3 N–H and O–H groups in total. The first-order chi connectivity index (χ1) is 16.8. The summed E-state index contributed by atoms with van der Waals surface area (Å²) in [5, 5.41) is 16.7. The third-order valence-electron chi connectivity index (χ3n) is 5.95. The lowest BCUT2D eigenvalue weighted by Gasteiger charge is -2.27. The molecule has 1 amide bonds. The van der Waals surface area contributed by atoms with E-state index >= 15 is 0 Å². The van der Waals surface area contributed by atoms with Crippen LogP contribution in [0.5, 0.6) is 0 Å². The predicted molar refractivity (Wildman–Crippen MR) is 145 cm³/mol. The molecule has 0 aromatic heterocycles. The zero-order valence-corrected chi connectivity index (χ0v) is 21.0. The molecule has 0 aliphatic heterocycles. The molecule has 2 aliphatic carbocycles. The largest absolute Gasteiger partial charge is 0.389 e. The summed E-state index contributed by atoms with van der Waals surface area (Å²) >= 11 is 11.2. The van der Waals surface area contributed by atoms with Gasteiger partial charge in [0.05, 0.1) is 17.4 Å². The van der Waals surface area contributed by atoms with Gasteiger partial charge in [0.25, 0.3) is 5.91 Å². The molecule has 1 fully saturated rings. The van der Waals surface area contributed by atoms with E-state index in [-0.39, 0.29) is 24.8 Å². The Morgan fingerprint density at radius 1 is 1.14 bits per heavy atom. The van der Waals surface area contributed by atoms with Gasteiger partial charge in [0.15, 0.2) is 5.78 Å². The fourth-order valence-corrected chi connectivity index (χ4v) is 4.41. The van der Waals surface area contributed by atoms with Crippen molar-refractivity contribution in [3.8, 4) is 0 Å². The van der Waals surface area contributed by atoms with E-state index in [0.29, 0.717) is 27.9 Å². The van der Waals surface area contributed by atoms with Crippen molar-refractivity contribution >= 4 is 57.4 Å². The number of ketones is 1. The molecule has 1 unspecified atom stereocenters. The first-order valence-corrected chi connectivity index (χ1v) is 12.4. The fraction of sp³-hybridized carbons (Fsp3) is 0.296. The molecule has 182 valence electrons. The van der Waals surface area contributed by atoms with E-state index in [4.69, 9.17) is 23.8 Å². The Kier molecular flexibility index (Phi) is 8.00. The SMILES string of the molecule is CC(=O)c1ccccc1N(c1ccc(NCC(O)CNC(=O)C2=CC(Cl)=CCC2=S)cc1)C1CC1. The lowest BCUT2D eigenvalue weighted by Crippen LogP contribution is -2.37. The second-order valence-electron chi connectivity index (χ2n) is 8.74. The number of carbonyl (C=O) groups is 2. The number of thiocarbonyl (C=S) groups is 1. The number of aliphatic hydroxyl groups excluding tert-OH is 1. The minimum Gasteiger partial charge on any atom is -0.389 e. The molecule has 35 heavy (non-hydrogen) atoms. The van der Waals surface area contributed by atoms with Crippen LogP contribution in [0.3, 0.4) is 0 Å². The van der Waals surface area contributed by atoms with Crippen molar-refractivity contribution < 1.29 is 14.7 Å². The van der Waals surface area contributed by atoms with E-state index in [9.17, 15) is 14.7 Å². The molecule has 2 aromatic carbocycles. The van der Waals surface area contributed by atoms with E-state index < -0.39 is 6.10 Å². The Labute approximate surface area is 215 Å². The van der Waals surface area contributed by atoms with Crippen LogP contribution >= 0.6 is 23.8 Å². The van der Waals surface area contributed by atoms with Gasteiger partial charge in [0.1, 0.15) is 0 Å². The molecule has 0 radical (unpaired) electrons. The van der Waals surface area contributed by atoms with Crippen LogP contribution in [0.2, 0.25) is 0 Å². The number of benzene rings is 2. The Morgan fingerprint density at radius 3 is 2.54 bits per heavy atom. The summed E-state index contributed by atoms with van der Waals surface area (Å²) in [5.41, 5.74) is 3.88. The van der Waals surface area contributed by atoms with Crippen LogP contribution in [-0.2, 0) is 4.79 Å². The standard InChI is InChI=1S/C27H28ClN3O3S/c1-17(32)23-4-2-3-5-25(23)31(21-11-12-21)20-9-7-19(8-10-20)29-15-22(33)16-30-27(34)24-14-18(28)6-13-26(24)35/h2-10,14,21-22,29,33H,11-13,15-16H2,1H3,(H,30,34). The molecule has 6 nitrogen and oxygen atoms in total. The third kappa shape index (κ3) is 6.36. The van der Waals surface area contributed by atoms with Gasteiger partial charge in [0, 0.05) is 52.4 Å². The first-order valence-electron chi connectivity index (χ1n) is 11.6. The number of aliphatic hydroxyl groups is 1. The van der Waals surface area contributed by atoms with Gasteiger partial charge < -0.3 is 20.6 Å². The highest BCUT2D eigenvalue weighted by Gasteiger charge is 2.32. The summed E-state index contributed by atoms with van der Waals surface area (Å²) in [5.74, 6) is -0.289. The average molecular weight is 510 g/mol. The van der Waals surface area contributed by atoms with Crippen molar-refractivity contribution in [3.05, 3.63) is 76.9 Å². The van der Waals surface area contributed by atoms with E-state index in [1.807, 2.05) is 48.5 Å². The number of nitrogens with one attached hydrogen (secondary N) is 2. The van der Waals surface area contributed by atoms with Crippen molar-refractivity contribution in [3.63, 3.8) is 0 Å². The van der Waals surface area contributed by atoms with Gasteiger partial charge in [-0.15, -0.1) is 0 Å². The molecule has 2 aromatic rings. The maximum absolute atomic E-state index is 12.4. The monoisotopic (exact) mass is 509 g/mol. The van der Waals surface area contributed by atoms with Gasteiger partial charge in [-0.1, -0.05) is 42.0 Å². The molecular formula is C27H28ClN3O3S. The zero-order chi connectivity index (χ0) is 24.9. The highest BCUT2D eigenvalue weighted by molar-refractivity contribution is 7.81. The van der Waals surface area contributed by atoms with Gasteiger partial charge in [0.2, 0.25) is 0 Å². The molecule has 2 aliphatic rings. The van der Waals surface area contributed by atoms with Crippen LogP contribution < -0.4 is 15.5 Å². The Morgan fingerprint density at radius 2 is 1.86 bits per heavy atom. The van der Waals surface area contributed by atoms with Crippen molar-refractivity contribution in [2.24, 2.45) is 0 Å².